The van der Waals surface area contributed by atoms with Crippen molar-refractivity contribution in [2.75, 3.05) is 0 Å². The van der Waals surface area contributed by atoms with Crippen LogP contribution in [0.5, 0.6) is 0 Å². The van der Waals surface area contributed by atoms with Crippen molar-refractivity contribution < 1.29 is 123 Å². The summed E-state index contributed by atoms with van der Waals surface area (Å²) in [7, 11) is -21.3. The standard InChI is InChI=1S/2Na.H5O10P3.H2O4S/c;;1-11(2,3)9-13(7,8)10-12(4,5)6;1-5(2,3)4/h;;(H,7,8)(H2,1,2,3)(H2,4,5,6);(H2,1,2,3,4)/q2*+1;;/p-2. The van der Waals surface area contributed by atoms with E-state index in [-0.39, 0.29) is 59.1 Å². The molecule has 20 heavy (non-hydrogen) atoms. The van der Waals surface area contributed by atoms with E-state index in [1.165, 1.54) is 0 Å². The van der Waals surface area contributed by atoms with Gasteiger partial charge >= 0.3 is 82.6 Å². The average molecular weight is 400 g/mol. The Balaban J connectivity index is -0.000000158. The predicted molar refractivity (Wildman–Crippen MR) is 46.6 cm³/mol. The molecule has 0 saturated heterocycles. The molecule has 0 saturated carbocycles. The molecule has 5 N–H and O–H groups in total. The third-order valence-electron chi connectivity index (χ3n) is 0.419. The van der Waals surface area contributed by atoms with Gasteiger partial charge in [0.25, 0.3) is 0 Å². The summed E-state index contributed by atoms with van der Waals surface area (Å²) < 4.78 is 70.5. The monoisotopic (exact) mass is 400 g/mol. The molecule has 0 aliphatic carbocycles. The van der Waals surface area contributed by atoms with E-state index in [2.05, 4.69) is 8.62 Å². The molecule has 112 valence electrons. The number of hydrogen-bond donors (Lipinski definition) is 5. The summed E-state index contributed by atoms with van der Waals surface area (Å²) in [6.45, 7) is 0. The van der Waals surface area contributed by atoms with E-state index < -0.39 is 33.9 Å². The fraction of sp³-hybridized carbons (Fsp3) is 0. The average Bonchev–Trinajstić information content (AvgIpc) is 1.64. The van der Waals surface area contributed by atoms with E-state index in [9.17, 15) is 13.7 Å². The van der Waals surface area contributed by atoms with Crippen molar-refractivity contribution in [3.8, 4) is 0 Å². The van der Waals surface area contributed by atoms with Crippen molar-refractivity contribution in [2.24, 2.45) is 0 Å². The second kappa shape index (κ2) is 10.9. The van der Waals surface area contributed by atoms with Crippen LogP contribution in [0.1, 0.15) is 0 Å². The normalized spacial score (nSPS) is 12.3. The van der Waals surface area contributed by atoms with Crippen LogP contribution < -0.4 is 59.1 Å². The van der Waals surface area contributed by atoms with Gasteiger partial charge in [-0.3, -0.25) is 8.42 Å². The molecular weight excluding hydrogens is 395 g/mol. The summed E-state index contributed by atoms with van der Waals surface area (Å²) in [6.07, 6.45) is 0. The Hall–Kier alpha value is 2.28. The summed E-state index contributed by atoms with van der Waals surface area (Å²) in [6, 6.07) is 0. The van der Waals surface area contributed by atoms with Gasteiger partial charge in [0.05, 0.1) is 0 Å². The summed E-state index contributed by atoms with van der Waals surface area (Å²) in [5, 5.41) is 0. The molecule has 0 fully saturated rings. The van der Waals surface area contributed by atoms with Gasteiger partial charge in [0.15, 0.2) is 0 Å². The maximum atomic E-state index is 10.4. The Morgan fingerprint density at radius 1 is 0.750 bits per heavy atom. The van der Waals surface area contributed by atoms with Crippen LogP contribution in [0.15, 0.2) is 0 Å². The molecule has 0 aliphatic heterocycles. The smallest absolute Gasteiger partial charge is 0.759 e. The molecule has 0 amide bonds. The molecule has 0 spiro atoms. The van der Waals surface area contributed by atoms with Gasteiger partial charge in [-0.05, 0) is 0 Å². The first kappa shape index (κ1) is 30.2. The van der Waals surface area contributed by atoms with Gasteiger partial charge in [-0.25, -0.2) is 13.7 Å². The minimum Gasteiger partial charge on any atom is -0.759 e. The van der Waals surface area contributed by atoms with E-state index in [1.807, 2.05) is 0 Å². The van der Waals surface area contributed by atoms with Gasteiger partial charge in [-0.2, -0.15) is 8.62 Å². The van der Waals surface area contributed by atoms with Crippen LogP contribution in [0.3, 0.4) is 0 Å². The Labute approximate surface area is 156 Å². The summed E-state index contributed by atoms with van der Waals surface area (Å²) in [4.78, 5) is 40.2. The quantitative estimate of drug-likeness (QED) is 0.127. The van der Waals surface area contributed by atoms with Gasteiger partial charge in [0.1, 0.15) is 0 Å². The molecule has 14 nitrogen and oxygen atoms in total. The molecule has 0 heterocycles. The predicted octanol–water partition coefficient (Wildman–Crippen LogP) is -8.02. The first-order valence-corrected chi connectivity index (χ1v) is 8.83. The summed E-state index contributed by atoms with van der Waals surface area (Å²) in [5.74, 6) is 0. The Kier molecular flexibility index (Phi) is 16.5. The van der Waals surface area contributed by atoms with Crippen LogP contribution in [0.4, 0.5) is 0 Å². The minimum absolute atomic E-state index is 0. The first-order valence-electron chi connectivity index (χ1n) is 2.94. The summed E-state index contributed by atoms with van der Waals surface area (Å²) >= 11 is 0. The molecule has 0 aromatic carbocycles. The molecule has 0 aromatic rings. The van der Waals surface area contributed by atoms with Gasteiger partial charge in [0, 0.05) is 10.4 Å². The van der Waals surface area contributed by atoms with E-state index in [4.69, 9.17) is 42.0 Å². The molecule has 20 heteroatoms. The molecule has 0 bridgehead atoms. The maximum Gasteiger partial charge on any atom is 1.00 e. The van der Waals surface area contributed by atoms with Gasteiger partial charge < -0.3 is 33.6 Å². The van der Waals surface area contributed by atoms with Gasteiger partial charge in [0.2, 0.25) is 0 Å². The van der Waals surface area contributed by atoms with Crippen LogP contribution in [-0.2, 0) is 32.7 Å². The van der Waals surface area contributed by atoms with Crippen LogP contribution in [0, 0.1) is 0 Å². The van der Waals surface area contributed by atoms with Crippen LogP contribution >= 0.6 is 23.5 Å². The Bertz CT molecular complexity index is 457. The summed E-state index contributed by atoms with van der Waals surface area (Å²) in [5.41, 5.74) is 0. The SMILES string of the molecule is O=P(O)(O)OP(=O)(O)OP(=O)(O)O.O=S(=O)([O-])[O-].[Na+].[Na+]. The first-order chi connectivity index (χ1) is 7.41. The topological polar surface area (TPSA) is 251 Å². The van der Waals surface area contributed by atoms with Crippen molar-refractivity contribution in [3.63, 3.8) is 0 Å². The number of rotatable bonds is 4. The van der Waals surface area contributed by atoms with Crippen molar-refractivity contribution >= 4 is 33.9 Å². The fourth-order valence-corrected chi connectivity index (χ4v) is 2.82. The molecule has 0 radical (unpaired) electrons. The third-order valence-corrected chi connectivity index (χ3v) is 3.77. The van der Waals surface area contributed by atoms with Crippen molar-refractivity contribution in [1.29, 1.82) is 0 Å². The molecule has 0 atom stereocenters. The van der Waals surface area contributed by atoms with E-state index in [0.717, 1.165) is 0 Å². The minimum atomic E-state index is -5.46. The molecule has 0 rings (SSSR count). The Morgan fingerprint density at radius 3 is 1.00 bits per heavy atom. The van der Waals surface area contributed by atoms with Crippen molar-refractivity contribution in [1.82, 2.24) is 0 Å². The van der Waals surface area contributed by atoms with Crippen LogP contribution in [0.25, 0.3) is 0 Å². The molecule has 0 aliphatic rings. The number of phosphoric acid groups is 3. The zero-order valence-electron chi connectivity index (χ0n) is 9.66. The van der Waals surface area contributed by atoms with E-state index >= 15 is 0 Å². The zero-order chi connectivity index (χ0) is 15.4. The van der Waals surface area contributed by atoms with E-state index in [1.54, 1.807) is 0 Å². The molecular formula is H5Na2O14P3S. The second-order valence-electron chi connectivity index (χ2n) is 2.02. The van der Waals surface area contributed by atoms with Crippen molar-refractivity contribution in [3.05, 3.63) is 0 Å². The molecule has 0 unspecified atom stereocenters. The van der Waals surface area contributed by atoms with E-state index in [0.29, 0.717) is 0 Å². The van der Waals surface area contributed by atoms with Crippen LogP contribution in [0.2, 0.25) is 0 Å². The Morgan fingerprint density at radius 2 is 0.900 bits per heavy atom. The zero-order valence-corrected chi connectivity index (χ0v) is 17.2. The maximum absolute atomic E-state index is 10.4. The fourth-order valence-electron chi connectivity index (χ4n) is 0.284. The van der Waals surface area contributed by atoms with Gasteiger partial charge in [-0.1, -0.05) is 0 Å². The molecule has 0 aromatic heterocycles. The second-order valence-corrected chi connectivity index (χ2v) is 7.04. The van der Waals surface area contributed by atoms with Crippen LogP contribution in [-0.4, -0.2) is 42.0 Å². The largest absolute Gasteiger partial charge is 1.00 e. The van der Waals surface area contributed by atoms with Crippen molar-refractivity contribution in [2.45, 2.75) is 0 Å². The third kappa shape index (κ3) is 37.0. The van der Waals surface area contributed by atoms with Gasteiger partial charge in [-0.15, -0.1) is 0 Å². The number of hydrogen-bond acceptors (Lipinski definition) is 9.